The SMILES string of the molecule is c1ccc(-n2c3ccccc3c3ccc(N(c4cc5c6ccccc6sc5c5ccccc45)c4cccc5sc6ccccc6c45)cc32)cc1. The van der Waals surface area contributed by atoms with Gasteiger partial charge in [0, 0.05) is 73.3 Å². The average molecular weight is 673 g/mol. The molecule has 0 aliphatic carbocycles. The predicted molar refractivity (Wildman–Crippen MR) is 219 cm³/mol. The van der Waals surface area contributed by atoms with E-state index in [1.54, 1.807) is 0 Å². The van der Waals surface area contributed by atoms with Gasteiger partial charge in [-0.1, -0.05) is 109 Å². The molecule has 50 heavy (non-hydrogen) atoms. The first kappa shape index (κ1) is 28.0. The van der Waals surface area contributed by atoms with Crippen LogP contribution in [0.4, 0.5) is 17.1 Å². The molecule has 11 rings (SSSR count). The molecule has 0 fully saturated rings. The van der Waals surface area contributed by atoms with E-state index in [0.717, 1.165) is 11.4 Å². The molecule has 0 spiro atoms. The van der Waals surface area contributed by atoms with Gasteiger partial charge in [-0.3, -0.25) is 0 Å². The molecule has 0 amide bonds. The summed E-state index contributed by atoms with van der Waals surface area (Å²) in [7, 11) is 0. The third-order valence-corrected chi connectivity index (χ3v) is 12.5. The van der Waals surface area contributed by atoms with Crippen LogP contribution in [0.3, 0.4) is 0 Å². The Kier molecular flexibility index (Phi) is 6.03. The number of thiophene rings is 2. The van der Waals surface area contributed by atoms with Crippen LogP contribution >= 0.6 is 22.7 Å². The van der Waals surface area contributed by atoms with Crippen molar-refractivity contribution >= 4 is 113 Å². The highest BCUT2D eigenvalue weighted by molar-refractivity contribution is 7.27. The lowest BCUT2D eigenvalue weighted by Crippen LogP contribution is -2.11. The molecule has 8 aromatic carbocycles. The maximum absolute atomic E-state index is 2.53. The van der Waals surface area contributed by atoms with E-state index >= 15 is 0 Å². The molecule has 0 atom stereocenters. The fourth-order valence-corrected chi connectivity index (χ4v) is 10.4. The number of para-hydroxylation sites is 2. The lowest BCUT2D eigenvalue weighted by molar-refractivity contribution is 1.18. The molecule has 4 heteroatoms. The fourth-order valence-electron chi connectivity index (χ4n) is 8.02. The molecule has 0 saturated carbocycles. The summed E-state index contributed by atoms with van der Waals surface area (Å²) in [6.45, 7) is 0. The van der Waals surface area contributed by atoms with E-state index < -0.39 is 0 Å². The van der Waals surface area contributed by atoms with Crippen molar-refractivity contribution in [1.82, 2.24) is 4.57 Å². The van der Waals surface area contributed by atoms with Crippen LogP contribution in [-0.4, -0.2) is 4.57 Å². The lowest BCUT2D eigenvalue weighted by Gasteiger charge is -2.28. The number of fused-ring (bicyclic) bond motifs is 11. The molecule has 234 valence electrons. The maximum Gasteiger partial charge on any atom is 0.0561 e. The summed E-state index contributed by atoms with van der Waals surface area (Å²) in [5, 5.41) is 10.2. The van der Waals surface area contributed by atoms with Crippen molar-refractivity contribution in [2.45, 2.75) is 0 Å². The zero-order valence-corrected chi connectivity index (χ0v) is 28.5. The molecule has 0 N–H and O–H groups in total. The Bertz CT molecular complexity index is 3110. The number of rotatable bonds is 4. The van der Waals surface area contributed by atoms with Crippen molar-refractivity contribution < 1.29 is 0 Å². The smallest absolute Gasteiger partial charge is 0.0561 e. The van der Waals surface area contributed by atoms with Gasteiger partial charge in [-0.2, -0.15) is 0 Å². The fraction of sp³-hybridized carbons (Fsp3) is 0. The summed E-state index contributed by atoms with van der Waals surface area (Å²) in [6, 6.07) is 62.4. The Balaban J connectivity index is 1.30. The van der Waals surface area contributed by atoms with E-state index in [1.165, 1.54) is 84.3 Å². The topological polar surface area (TPSA) is 8.17 Å². The Labute approximate surface area is 296 Å². The van der Waals surface area contributed by atoms with Crippen LogP contribution in [0.25, 0.3) is 78.6 Å². The monoisotopic (exact) mass is 672 g/mol. The average Bonchev–Trinajstić information content (AvgIpc) is 3.85. The van der Waals surface area contributed by atoms with Crippen molar-refractivity contribution in [3.05, 3.63) is 170 Å². The maximum atomic E-state index is 2.53. The summed E-state index contributed by atoms with van der Waals surface area (Å²) in [5.74, 6) is 0. The van der Waals surface area contributed by atoms with Gasteiger partial charge >= 0.3 is 0 Å². The third-order valence-electron chi connectivity index (χ3n) is 10.2. The third kappa shape index (κ3) is 4.01. The highest BCUT2D eigenvalue weighted by atomic mass is 32.1. The summed E-state index contributed by atoms with van der Waals surface area (Å²) in [6.07, 6.45) is 0. The van der Waals surface area contributed by atoms with Crippen LogP contribution in [0.15, 0.2) is 170 Å². The Morgan fingerprint density at radius 2 is 1.02 bits per heavy atom. The number of hydrogen-bond donors (Lipinski definition) is 0. The van der Waals surface area contributed by atoms with Gasteiger partial charge in [0.05, 0.1) is 22.4 Å². The molecule has 0 aliphatic rings. The first-order valence-corrected chi connectivity index (χ1v) is 18.6. The number of nitrogens with zero attached hydrogens (tertiary/aromatic N) is 2. The van der Waals surface area contributed by atoms with E-state index in [2.05, 4.69) is 179 Å². The zero-order chi connectivity index (χ0) is 32.8. The highest BCUT2D eigenvalue weighted by Crippen LogP contribution is 2.50. The van der Waals surface area contributed by atoms with Crippen molar-refractivity contribution in [2.24, 2.45) is 0 Å². The summed E-state index contributed by atoms with van der Waals surface area (Å²) < 4.78 is 7.67. The minimum atomic E-state index is 1.13. The first-order chi connectivity index (χ1) is 24.8. The molecular formula is C46H28N2S2. The summed E-state index contributed by atoms with van der Waals surface area (Å²) in [5.41, 5.74) is 7.05. The van der Waals surface area contributed by atoms with E-state index in [9.17, 15) is 0 Å². The molecule has 0 saturated heterocycles. The van der Waals surface area contributed by atoms with Crippen LogP contribution in [-0.2, 0) is 0 Å². The standard InChI is InChI=1S/C46H28N2S2/c1-2-13-29(14-3-1)47-38-20-9-6-15-31(38)33-26-25-30(27-40(33)47)48(39-21-12-24-44-45(39)36-19-8-11-23-43(36)49-44)41-28-37-34-17-7-10-22-42(34)50-46(37)35-18-5-4-16-32(35)41/h1-28H. The first-order valence-electron chi connectivity index (χ1n) is 16.9. The van der Waals surface area contributed by atoms with Gasteiger partial charge in [0.25, 0.3) is 0 Å². The molecule has 0 bridgehead atoms. The van der Waals surface area contributed by atoms with Crippen LogP contribution in [0, 0.1) is 0 Å². The van der Waals surface area contributed by atoms with Crippen LogP contribution in [0.5, 0.6) is 0 Å². The minimum Gasteiger partial charge on any atom is -0.309 e. The lowest BCUT2D eigenvalue weighted by atomic mass is 10.0. The second-order valence-corrected chi connectivity index (χ2v) is 15.0. The van der Waals surface area contributed by atoms with Gasteiger partial charge < -0.3 is 9.47 Å². The molecule has 0 radical (unpaired) electrons. The second kappa shape index (κ2) is 10.8. The van der Waals surface area contributed by atoms with Gasteiger partial charge in [0.2, 0.25) is 0 Å². The van der Waals surface area contributed by atoms with Gasteiger partial charge in [0.1, 0.15) is 0 Å². The van der Waals surface area contributed by atoms with Crippen molar-refractivity contribution in [3.63, 3.8) is 0 Å². The molecule has 3 heterocycles. The highest BCUT2D eigenvalue weighted by Gasteiger charge is 2.23. The van der Waals surface area contributed by atoms with Crippen molar-refractivity contribution in [1.29, 1.82) is 0 Å². The largest absolute Gasteiger partial charge is 0.309 e. The number of anilines is 3. The van der Waals surface area contributed by atoms with Gasteiger partial charge in [-0.25, -0.2) is 0 Å². The molecule has 2 nitrogen and oxygen atoms in total. The Hall–Kier alpha value is -5.94. The zero-order valence-electron chi connectivity index (χ0n) is 26.9. The van der Waals surface area contributed by atoms with E-state index in [0.29, 0.717) is 0 Å². The summed E-state index contributed by atoms with van der Waals surface area (Å²) >= 11 is 3.76. The predicted octanol–water partition coefficient (Wildman–Crippen LogP) is 14.1. The Morgan fingerprint density at radius 1 is 0.380 bits per heavy atom. The minimum absolute atomic E-state index is 1.13. The quantitative estimate of drug-likeness (QED) is 0.181. The molecule has 0 unspecified atom stereocenters. The normalized spacial score (nSPS) is 12.0. The molecule has 0 aliphatic heterocycles. The Morgan fingerprint density at radius 3 is 1.86 bits per heavy atom. The van der Waals surface area contributed by atoms with Crippen molar-refractivity contribution in [2.75, 3.05) is 4.90 Å². The van der Waals surface area contributed by atoms with Gasteiger partial charge in [0.15, 0.2) is 0 Å². The molecular weight excluding hydrogens is 645 g/mol. The van der Waals surface area contributed by atoms with Crippen LogP contribution < -0.4 is 4.90 Å². The van der Waals surface area contributed by atoms with E-state index in [4.69, 9.17) is 0 Å². The van der Waals surface area contributed by atoms with Gasteiger partial charge in [-0.15, -0.1) is 22.7 Å². The van der Waals surface area contributed by atoms with Crippen molar-refractivity contribution in [3.8, 4) is 5.69 Å². The molecule has 3 aromatic heterocycles. The van der Waals surface area contributed by atoms with E-state index in [-0.39, 0.29) is 0 Å². The summed E-state index contributed by atoms with van der Waals surface area (Å²) in [4.78, 5) is 2.53. The number of hydrogen-bond acceptors (Lipinski definition) is 3. The second-order valence-electron chi connectivity index (χ2n) is 12.9. The van der Waals surface area contributed by atoms with Crippen LogP contribution in [0.2, 0.25) is 0 Å². The van der Waals surface area contributed by atoms with Crippen LogP contribution in [0.1, 0.15) is 0 Å². The number of aromatic nitrogens is 1. The molecule has 11 aromatic rings. The van der Waals surface area contributed by atoms with E-state index in [1.807, 2.05) is 22.7 Å². The van der Waals surface area contributed by atoms with Gasteiger partial charge in [-0.05, 0) is 60.7 Å². The number of benzene rings is 8.